The molecular formula is C13H13F3N2OS. The van der Waals surface area contributed by atoms with Crippen molar-refractivity contribution in [3.63, 3.8) is 0 Å². The number of nitrogens with one attached hydrogen (secondary N) is 1. The highest BCUT2D eigenvalue weighted by Crippen LogP contribution is 2.26. The van der Waals surface area contributed by atoms with Crippen molar-refractivity contribution in [2.45, 2.75) is 25.9 Å². The zero-order valence-electron chi connectivity index (χ0n) is 10.6. The molecule has 7 heteroatoms. The largest absolute Gasteiger partial charge is 0.573 e. The number of rotatable bonds is 5. The fourth-order valence-corrected chi connectivity index (χ4v) is 2.34. The van der Waals surface area contributed by atoms with Gasteiger partial charge in [0.25, 0.3) is 0 Å². The van der Waals surface area contributed by atoms with Crippen molar-refractivity contribution in [3.05, 3.63) is 46.4 Å². The van der Waals surface area contributed by atoms with Gasteiger partial charge < -0.3 is 10.1 Å². The predicted octanol–water partition coefficient (Wildman–Crippen LogP) is 3.89. The Labute approximate surface area is 118 Å². The first-order valence-corrected chi connectivity index (χ1v) is 6.80. The second kappa shape index (κ2) is 6.23. The van der Waals surface area contributed by atoms with Crippen LogP contribution in [0.4, 0.5) is 13.2 Å². The molecule has 108 valence electrons. The lowest BCUT2D eigenvalue weighted by Crippen LogP contribution is -2.21. The standard InChI is InChI=1S/C13H13F3N2OS/c1-9(12-17-6-7-20-12)18-8-10-4-2-3-5-11(10)19-13(14,15)16/h2-7,9,18H,8H2,1H3. The van der Waals surface area contributed by atoms with Crippen LogP contribution < -0.4 is 10.1 Å². The zero-order chi connectivity index (χ0) is 14.6. The van der Waals surface area contributed by atoms with E-state index < -0.39 is 6.36 Å². The van der Waals surface area contributed by atoms with Crippen LogP contribution in [-0.4, -0.2) is 11.3 Å². The number of hydrogen-bond acceptors (Lipinski definition) is 4. The Balaban J connectivity index is 2.02. The fourth-order valence-electron chi connectivity index (χ4n) is 1.67. The molecule has 2 aromatic rings. The molecule has 1 aromatic heterocycles. The van der Waals surface area contributed by atoms with Gasteiger partial charge in [0.2, 0.25) is 0 Å². The van der Waals surface area contributed by atoms with E-state index >= 15 is 0 Å². The van der Waals surface area contributed by atoms with E-state index in [1.54, 1.807) is 18.3 Å². The van der Waals surface area contributed by atoms with Crippen molar-refractivity contribution < 1.29 is 17.9 Å². The maximum atomic E-state index is 12.3. The number of halogens is 3. The van der Waals surface area contributed by atoms with E-state index in [9.17, 15) is 13.2 Å². The number of thiazole rings is 1. The number of benzene rings is 1. The third-order valence-corrected chi connectivity index (χ3v) is 3.58. The Morgan fingerprint density at radius 2 is 2.10 bits per heavy atom. The lowest BCUT2D eigenvalue weighted by Gasteiger charge is -2.15. The highest BCUT2D eigenvalue weighted by atomic mass is 32.1. The highest BCUT2D eigenvalue weighted by molar-refractivity contribution is 7.09. The van der Waals surface area contributed by atoms with Crippen LogP contribution in [0.3, 0.4) is 0 Å². The van der Waals surface area contributed by atoms with Crippen molar-refractivity contribution in [2.24, 2.45) is 0 Å². The summed E-state index contributed by atoms with van der Waals surface area (Å²) in [5, 5.41) is 5.87. The van der Waals surface area contributed by atoms with Gasteiger partial charge in [0.15, 0.2) is 0 Å². The maximum Gasteiger partial charge on any atom is 0.573 e. The molecule has 0 aliphatic carbocycles. The number of para-hydroxylation sites is 1. The van der Waals surface area contributed by atoms with E-state index in [0.717, 1.165) is 5.01 Å². The molecule has 0 radical (unpaired) electrons. The molecule has 0 spiro atoms. The van der Waals surface area contributed by atoms with Crippen LogP contribution in [-0.2, 0) is 6.54 Å². The third kappa shape index (κ3) is 4.21. The molecule has 0 aliphatic rings. The topological polar surface area (TPSA) is 34.1 Å². The molecular weight excluding hydrogens is 289 g/mol. The van der Waals surface area contributed by atoms with E-state index in [1.807, 2.05) is 12.3 Å². The van der Waals surface area contributed by atoms with Gasteiger partial charge in [0, 0.05) is 23.7 Å². The number of alkyl halides is 3. The molecule has 20 heavy (non-hydrogen) atoms. The van der Waals surface area contributed by atoms with Gasteiger partial charge in [0.1, 0.15) is 10.8 Å². The summed E-state index contributed by atoms with van der Waals surface area (Å²) >= 11 is 1.50. The first kappa shape index (κ1) is 14.8. The molecule has 0 amide bonds. The number of aromatic nitrogens is 1. The second-order valence-electron chi connectivity index (χ2n) is 4.13. The van der Waals surface area contributed by atoms with Gasteiger partial charge in [0.05, 0.1) is 6.04 Å². The van der Waals surface area contributed by atoms with Crippen LogP contribution in [0.2, 0.25) is 0 Å². The molecule has 0 aliphatic heterocycles. The summed E-state index contributed by atoms with van der Waals surface area (Å²) in [6, 6.07) is 6.05. The Morgan fingerprint density at radius 1 is 1.35 bits per heavy atom. The summed E-state index contributed by atoms with van der Waals surface area (Å²) in [5.74, 6) is -0.182. The van der Waals surface area contributed by atoms with E-state index in [2.05, 4.69) is 15.0 Å². The summed E-state index contributed by atoms with van der Waals surface area (Å²) in [5.41, 5.74) is 0.452. The molecule has 1 heterocycles. The van der Waals surface area contributed by atoms with Crippen LogP contribution >= 0.6 is 11.3 Å². The summed E-state index contributed by atoms with van der Waals surface area (Å²) < 4.78 is 40.9. The van der Waals surface area contributed by atoms with Crippen LogP contribution in [0, 0.1) is 0 Å². The highest BCUT2D eigenvalue weighted by Gasteiger charge is 2.31. The third-order valence-electron chi connectivity index (χ3n) is 2.62. The molecule has 0 saturated heterocycles. The van der Waals surface area contributed by atoms with Gasteiger partial charge in [-0.1, -0.05) is 18.2 Å². The summed E-state index contributed by atoms with van der Waals surface area (Å²) in [4.78, 5) is 4.16. The molecule has 0 fully saturated rings. The first-order valence-electron chi connectivity index (χ1n) is 5.92. The van der Waals surface area contributed by atoms with Crippen LogP contribution in [0.1, 0.15) is 23.5 Å². The molecule has 1 unspecified atom stereocenters. The SMILES string of the molecule is CC(NCc1ccccc1OC(F)(F)F)c1nccs1. The Hall–Kier alpha value is -1.60. The number of nitrogens with zero attached hydrogens (tertiary/aromatic N) is 1. The van der Waals surface area contributed by atoms with E-state index in [1.165, 1.54) is 23.5 Å². The Bertz CT molecular complexity index is 543. The molecule has 0 bridgehead atoms. The average molecular weight is 302 g/mol. The lowest BCUT2D eigenvalue weighted by molar-refractivity contribution is -0.274. The molecule has 3 nitrogen and oxygen atoms in total. The average Bonchev–Trinajstić information content (AvgIpc) is 2.89. The van der Waals surface area contributed by atoms with Crippen LogP contribution in [0.15, 0.2) is 35.8 Å². The minimum Gasteiger partial charge on any atom is -0.405 e. The monoisotopic (exact) mass is 302 g/mol. The smallest absolute Gasteiger partial charge is 0.405 e. The number of hydrogen-bond donors (Lipinski definition) is 1. The number of ether oxygens (including phenoxy) is 1. The van der Waals surface area contributed by atoms with Gasteiger partial charge in [-0.25, -0.2) is 4.98 Å². The fraction of sp³-hybridized carbons (Fsp3) is 0.308. The first-order chi connectivity index (χ1) is 9.46. The van der Waals surface area contributed by atoms with Crippen LogP contribution in [0.25, 0.3) is 0 Å². The van der Waals surface area contributed by atoms with E-state index in [-0.39, 0.29) is 18.3 Å². The summed E-state index contributed by atoms with van der Waals surface area (Å²) in [6.07, 6.45) is -2.99. The summed E-state index contributed by atoms with van der Waals surface area (Å²) in [6.45, 7) is 2.18. The van der Waals surface area contributed by atoms with Crippen molar-refractivity contribution in [1.82, 2.24) is 10.3 Å². The lowest BCUT2D eigenvalue weighted by atomic mass is 10.2. The van der Waals surface area contributed by atoms with Crippen molar-refractivity contribution in [3.8, 4) is 5.75 Å². The van der Waals surface area contributed by atoms with Crippen LogP contribution in [0.5, 0.6) is 5.75 Å². The molecule has 0 saturated carbocycles. The molecule has 1 aromatic carbocycles. The van der Waals surface area contributed by atoms with Gasteiger partial charge in [-0.2, -0.15) is 0 Å². The zero-order valence-corrected chi connectivity index (χ0v) is 11.5. The molecule has 2 rings (SSSR count). The molecule has 1 N–H and O–H groups in total. The summed E-state index contributed by atoms with van der Waals surface area (Å²) in [7, 11) is 0. The Kier molecular flexibility index (Phi) is 4.61. The van der Waals surface area contributed by atoms with Gasteiger partial charge in [-0.05, 0) is 13.0 Å². The minimum absolute atomic E-state index is 0.0334. The Morgan fingerprint density at radius 3 is 2.75 bits per heavy atom. The predicted molar refractivity (Wildman–Crippen MR) is 70.5 cm³/mol. The van der Waals surface area contributed by atoms with Crippen molar-refractivity contribution in [1.29, 1.82) is 0 Å². The minimum atomic E-state index is -4.68. The van der Waals surface area contributed by atoms with E-state index in [0.29, 0.717) is 5.56 Å². The normalized spacial score (nSPS) is 13.2. The van der Waals surface area contributed by atoms with E-state index in [4.69, 9.17) is 0 Å². The van der Waals surface area contributed by atoms with Gasteiger partial charge in [-0.15, -0.1) is 24.5 Å². The van der Waals surface area contributed by atoms with Gasteiger partial charge >= 0.3 is 6.36 Å². The molecule has 1 atom stereocenters. The second-order valence-corrected chi connectivity index (χ2v) is 5.05. The van der Waals surface area contributed by atoms with Crippen molar-refractivity contribution in [2.75, 3.05) is 0 Å². The van der Waals surface area contributed by atoms with Crippen molar-refractivity contribution >= 4 is 11.3 Å². The maximum absolute atomic E-state index is 12.3. The van der Waals surface area contributed by atoms with Gasteiger partial charge in [-0.3, -0.25) is 0 Å². The quantitative estimate of drug-likeness (QED) is 0.909.